The van der Waals surface area contributed by atoms with Gasteiger partial charge in [-0.15, -0.1) is 0 Å². The van der Waals surface area contributed by atoms with Gasteiger partial charge in [-0.2, -0.15) is 0 Å². The third-order valence-electron chi connectivity index (χ3n) is 3.96. The van der Waals surface area contributed by atoms with Crippen molar-refractivity contribution in [1.82, 2.24) is 4.72 Å². The summed E-state index contributed by atoms with van der Waals surface area (Å²) in [5.41, 5.74) is 0.0392. The Morgan fingerprint density at radius 2 is 1.69 bits per heavy atom. The highest BCUT2D eigenvalue weighted by Gasteiger charge is 2.25. The second-order valence-corrected chi connectivity index (χ2v) is 8.19. The Labute approximate surface area is 153 Å². The molecule has 0 bridgehead atoms. The molecule has 1 unspecified atom stereocenters. The van der Waals surface area contributed by atoms with Gasteiger partial charge >= 0.3 is 0 Å². The van der Waals surface area contributed by atoms with Crippen LogP contribution in [0.3, 0.4) is 0 Å². The summed E-state index contributed by atoms with van der Waals surface area (Å²) in [7, 11) is -2.21. The first-order valence-electron chi connectivity index (χ1n) is 8.09. The molecule has 2 N–H and O–H groups in total. The molecule has 0 radical (unpaired) electrons. The van der Waals surface area contributed by atoms with E-state index in [2.05, 4.69) is 4.72 Å². The third kappa shape index (κ3) is 5.39. The summed E-state index contributed by atoms with van der Waals surface area (Å²) < 4.78 is 32.3. The van der Waals surface area contributed by atoms with Crippen LogP contribution in [0.5, 0.6) is 5.75 Å². The van der Waals surface area contributed by atoms with E-state index in [1.165, 1.54) is 31.2 Å². The number of benzene rings is 2. The van der Waals surface area contributed by atoms with E-state index >= 15 is 0 Å². The highest BCUT2D eigenvalue weighted by Crippen LogP contribution is 2.18. The maximum atomic E-state index is 12.4. The van der Waals surface area contributed by atoms with Gasteiger partial charge in [-0.3, -0.25) is 4.79 Å². The second kappa shape index (κ2) is 7.99. The number of ketones is 1. The number of sulfonamides is 1. The van der Waals surface area contributed by atoms with Gasteiger partial charge in [-0.1, -0.05) is 24.3 Å². The lowest BCUT2D eigenvalue weighted by atomic mass is 9.97. The van der Waals surface area contributed by atoms with Crippen LogP contribution in [-0.2, 0) is 16.4 Å². The van der Waals surface area contributed by atoms with Crippen LogP contribution in [0.4, 0.5) is 0 Å². The summed E-state index contributed by atoms with van der Waals surface area (Å²) in [6.45, 7) is 2.84. The minimum atomic E-state index is -3.78. The van der Waals surface area contributed by atoms with Crippen LogP contribution in [0.2, 0.25) is 0 Å². The zero-order chi connectivity index (χ0) is 19.4. The number of hydrogen-bond donors (Lipinski definition) is 2. The van der Waals surface area contributed by atoms with Crippen molar-refractivity contribution in [2.24, 2.45) is 0 Å². The standard InChI is InChI=1S/C19H23NO5S/c1-14(21)16-6-10-18(11-7-16)26(23,24)20-13-19(2,22)12-15-4-8-17(25-3)9-5-15/h4-11,20,22H,12-13H2,1-3H3. The fourth-order valence-corrected chi connectivity index (χ4v) is 3.61. The van der Waals surface area contributed by atoms with Crippen LogP contribution in [0.1, 0.15) is 29.8 Å². The first-order valence-corrected chi connectivity index (χ1v) is 9.57. The third-order valence-corrected chi connectivity index (χ3v) is 5.38. The monoisotopic (exact) mass is 377 g/mol. The van der Waals surface area contributed by atoms with Crippen LogP contribution in [-0.4, -0.2) is 38.6 Å². The Morgan fingerprint density at radius 1 is 1.12 bits per heavy atom. The molecule has 26 heavy (non-hydrogen) atoms. The molecule has 0 aliphatic carbocycles. The molecule has 0 aliphatic rings. The highest BCUT2D eigenvalue weighted by atomic mass is 32.2. The molecule has 2 aromatic rings. The molecule has 0 aliphatic heterocycles. The molecule has 7 heteroatoms. The van der Waals surface area contributed by atoms with Gasteiger partial charge in [-0.05, 0) is 43.7 Å². The number of hydrogen-bond acceptors (Lipinski definition) is 5. The Bertz CT molecular complexity index is 856. The van der Waals surface area contributed by atoms with Gasteiger partial charge < -0.3 is 9.84 Å². The van der Waals surface area contributed by atoms with Crippen molar-refractivity contribution in [2.75, 3.05) is 13.7 Å². The predicted molar refractivity (Wildman–Crippen MR) is 99.0 cm³/mol. The van der Waals surface area contributed by atoms with Gasteiger partial charge in [0.05, 0.1) is 17.6 Å². The largest absolute Gasteiger partial charge is 0.497 e. The SMILES string of the molecule is COc1ccc(CC(C)(O)CNS(=O)(=O)c2ccc(C(C)=O)cc2)cc1. The van der Waals surface area contributed by atoms with E-state index < -0.39 is 15.6 Å². The Hall–Kier alpha value is -2.22. The Balaban J connectivity index is 2.03. The lowest BCUT2D eigenvalue weighted by Crippen LogP contribution is -2.42. The average molecular weight is 377 g/mol. The van der Waals surface area contributed by atoms with Gasteiger partial charge in [0.15, 0.2) is 5.78 Å². The number of carbonyl (C=O) groups is 1. The molecule has 0 spiro atoms. The van der Waals surface area contributed by atoms with E-state index in [1.54, 1.807) is 26.2 Å². The van der Waals surface area contributed by atoms with Crippen LogP contribution < -0.4 is 9.46 Å². The van der Waals surface area contributed by atoms with Gasteiger partial charge in [-0.25, -0.2) is 13.1 Å². The molecule has 0 fully saturated rings. The zero-order valence-electron chi connectivity index (χ0n) is 15.0. The number of methoxy groups -OCH3 is 1. The van der Waals surface area contributed by atoms with E-state index in [0.29, 0.717) is 11.3 Å². The van der Waals surface area contributed by atoms with Gasteiger partial charge in [0.2, 0.25) is 10.0 Å². The van der Waals surface area contributed by atoms with Crippen LogP contribution in [0.25, 0.3) is 0 Å². The van der Waals surface area contributed by atoms with Crippen molar-refractivity contribution in [2.45, 2.75) is 30.8 Å². The lowest BCUT2D eigenvalue weighted by molar-refractivity contribution is 0.0657. The first kappa shape index (κ1) is 20.1. The summed E-state index contributed by atoms with van der Waals surface area (Å²) >= 11 is 0. The summed E-state index contributed by atoms with van der Waals surface area (Å²) in [6, 6.07) is 12.9. The summed E-state index contributed by atoms with van der Waals surface area (Å²) in [5.74, 6) is 0.576. The average Bonchev–Trinajstić information content (AvgIpc) is 2.61. The molecule has 140 valence electrons. The lowest BCUT2D eigenvalue weighted by Gasteiger charge is -2.24. The fourth-order valence-electron chi connectivity index (χ4n) is 2.45. The molecule has 0 heterocycles. The van der Waals surface area contributed by atoms with Crippen molar-refractivity contribution >= 4 is 15.8 Å². The van der Waals surface area contributed by atoms with Gasteiger partial charge in [0.25, 0.3) is 0 Å². The molecular weight excluding hydrogens is 354 g/mol. The molecule has 0 saturated carbocycles. The van der Waals surface area contributed by atoms with Crippen LogP contribution in [0, 0.1) is 0 Å². The van der Waals surface area contributed by atoms with E-state index in [9.17, 15) is 18.3 Å². The van der Waals surface area contributed by atoms with Crippen molar-refractivity contribution in [3.8, 4) is 5.75 Å². The molecular formula is C19H23NO5S. The Kier molecular flexibility index (Phi) is 6.17. The number of carbonyl (C=O) groups excluding carboxylic acids is 1. The Morgan fingerprint density at radius 3 is 2.19 bits per heavy atom. The van der Waals surface area contributed by atoms with Crippen molar-refractivity contribution in [3.63, 3.8) is 0 Å². The quantitative estimate of drug-likeness (QED) is 0.688. The van der Waals surface area contributed by atoms with E-state index in [4.69, 9.17) is 4.74 Å². The molecule has 1 atom stereocenters. The molecule has 2 rings (SSSR count). The number of rotatable bonds is 8. The second-order valence-electron chi connectivity index (χ2n) is 6.43. The number of Topliss-reactive ketones (excluding diaryl/α,β-unsaturated/α-hetero) is 1. The zero-order valence-corrected chi connectivity index (χ0v) is 15.8. The smallest absolute Gasteiger partial charge is 0.240 e. The normalized spacial score (nSPS) is 13.8. The maximum absolute atomic E-state index is 12.4. The number of ether oxygens (including phenoxy) is 1. The van der Waals surface area contributed by atoms with Crippen molar-refractivity contribution < 1.29 is 23.1 Å². The van der Waals surface area contributed by atoms with Crippen LogP contribution in [0.15, 0.2) is 53.4 Å². The minimum Gasteiger partial charge on any atom is -0.497 e. The summed E-state index contributed by atoms with van der Waals surface area (Å²) in [5, 5.41) is 10.5. The number of nitrogens with one attached hydrogen (secondary N) is 1. The molecule has 0 aromatic heterocycles. The summed E-state index contributed by atoms with van der Waals surface area (Å²) in [6.07, 6.45) is 0.281. The highest BCUT2D eigenvalue weighted by molar-refractivity contribution is 7.89. The molecule has 0 amide bonds. The van der Waals surface area contributed by atoms with Gasteiger partial charge in [0, 0.05) is 18.5 Å². The van der Waals surface area contributed by atoms with E-state index in [1.807, 2.05) is 12.1 Å². The topological polar surface area (TPSA) is 92.7 Å². The predicted octanol–water partition coefficient (Wildman–Crippen LogP) is 2.17. The molecule has 6 nitrogen and oxygen atoms in total. The minimum absolute atomic E-state index is 0.0442. The van der Waals surface area contributed by atoms with Gasteiger partial charge in [0.1, 0.15) is 5.75 Å². The number of aliphatic hydroxyl groups is 1. The first-order chi connectivity index (χ1) is 12.1. The van der Waals surface area contributed by atoms with Crippen molar-refractivity contribution in [1.29, 1.82) is 0 Å². The van der Waals surface area contributed by atoms with E-state index in [-0.39, 0.29) is 23.6 Å². The fraction of sp³-hybridized carbons (Fsp3) is 0.316. The van der Waals surface area contributed by atoms with Crippen molar-refractivity contribution in [3.05, 3.63) is 59.7 Å². The maximum Gasteiger partial charge on any atom is 0.240 e. The van der Waals surface area contributed by atoms with Crippen LogP contribution >= 0.6 is 0 Å². The molecule has 2 aromatic carbocycles. The van der Waals surface area contributed by atoms with E-state index in [0.717, 1.165) is 5.56 Å². The molecule has 0 saturated heterocycles. The summed E-state index contributed by atoms with van der Waals surface area (Å²) in [4.78, 5) is 11.3.